The maximum atomic E-state index is 10.4. The molecule has 0 aliphatic carbocycles. The summed E-state index contributed by atoms with van der Waals surface area (Å²) in [6.45, 7) is 4.14. The number of likely N-dealkylation sites (N-methyl/N-ethyl adjacent to an activating group) is 1. The van der Waals surface area contributed by atoms with Crippen LogP contribution in [0.3, 0.4) is 0 Å². The lowest BCUT2D eigenvalue weighted by molar-refractivity contribution is 0.220. The van der Waals surface area contributed by atoms with E-state index in [1.807, 2.05) is 42.5 Å². The topological polar surface area (TPSA) is 39.6 Å². The number of hydrogen-bond acceptors (Lipinski definition) is 4. The van der Waals surface area contributed by atoms with E-state index in [1.54, 1.807) is 6.20 Å². The maximum absolute atomic E-state index is 10.4. The van der Waals surface area contributed by atoms with E-state index in [2.05, 4.69) is 21.8 Å². The molecule has 21 heavy (non-hydrogen) atoms. The van der Waals surface area contributed by atoms with Gasteiger partial charge in [0.15, 0.2) is 0 Å². The summed E-state index contributed by atoms with van der Waals surface area (Å²) in [6.07, 6.45) is 1.17. The first kappa shape index (κ1) is 14.0. The van der Waals surface area contributed by atoms with Gasteiger partial charge in [-0.2, -0.15) is 0 Å². The summed E-state index contributed by atoms with van der Waals surface area (Å²) in [6, 6.07) is 13.7. The molecule has 4 heteroatoms. The van der Waals surface area contributed by atoms with E-state index in [0.29, 0.717) is 0 Å². The third-order valence-electron chi connectivity index (χ3n) is 4.03. The van der Waals surface area contributed by atoms with Crippen LogP contribution in [0.4, 0.5) is 5.82 Å². The SMILES string of the molecule is CN1CCN(c2ccc(C(O)c3ccccc3)cn2)CC1. The first-order valence-electron chi connectivity index (χ1n) is 7.36. The summed E-state index contributed by atoms with van der Waals surface area (Å²) in [5.41, 5.74) is 1.73. The molecule has 1 aromatic carbocycles. The fourth-order valence-electron chi connectivity index (χ4n) is 2.61. The summed E-state index contributed by atoms with van der Waals surface area (Å²) < 4.78 is 0. The van der Waals surface area contributed by atoms with Crippen molar-refractivity contribution in [3.05, 3.63) is 59.8 Å². The highest BCUT2D eigenvalue weighted by Crippen LogP contribution is 2.22. The zero-order valence-corrected chi connectivity index (χ0v) is 12.3. The Morgan fingerprint density at radius 3 is 2.29 bits per heavy atom. The van der Waals surface area contributed by atoms with E-state index in [-0.39, 0.29) is 0 Å². The quantitative estimate of drug-likeness (QED) is 0.934. The fraction of sp³-hybridized carbons (Fsp3) is 0.353. The average molecular weight is 283 g/mol. The van der Waals surface area contributed by atoms with E-state index in [9.17, 15) is 5.11 Å². The van der Waals surface area contributed by atoms with Crippen molar-refractivity contribution in [1.82, 2.24) is 9.88 Å². The number of rotatable bonds is 3. The predicted molar refractivity (Wildman–Crippen MR) is 84.5 cm³/mol. The highest BCUT2D eigenvalue weighted by molar-refractivity contribution is 5.41. The molecule has 0 bridgehead atoms. The lowest BCUT2D eigenvalue weighted by Crippen LogP contribution is -2.44. The Kier molecular flexibility index (Phi) is 4.18. The number of aliphatic hydroxyl groups excluding tert-OH is 1. The predicted octanol–water partition coefficient (Wildman–Crippen LogP) is 1.92. The van der Waals surface area contributed by atoms with Gasteiger partial charge in [-0.15, -0.1) is 0 Å². The van der Waals surface area contributed by atoms with E-state index in [1.165, 1.54) is 0 Å². The van der Waals surface area contributed by atoms with Gasteiger partial charge in [0.05, 0.1) is 0 Å². The summed E-state index contributed by atoms with van der Waals surface area (Å²) in [4.78, 5) is 9.14. The van der Waals surface area contributed by atoms with Crippen LogP contribution < -0.4 is 4.90 Å². The van der Waals surface area contributed by atoms with Crippen molar-refractivity contribution in [2.75, 3.05) is 38.1 Å². The van der Waals surface area contributed by atoms with Crippen LogP contribution in [0, 0.1) is 0 Å². The van der Waals surface area contributed by atoms with Gasteiger partial charge in [0.25, 0.3) is 0 Å². The summed E-state index contributed by atoms with van der Waals surface area (Å²) in [5, 5.41) is 10.4. The highest BCUT2D eigenvalue weighted by atomic mass is 16.3. The molecule has 0 radical (unpaired) electrons. The first-order valence-corrected chi connectivity index (χ1v) is 7.36. The number of hydrogen-bond donors (Lipinski definition) is 1. The molecule has 1 atom stereocenters. The number of anilines is 1. The number of benzene rings is 1. The van der Waals surface area contributed by atoms with Crippen molar-refractivity contribution in [1.29, 1.82) is 0 Å². The van der Waals surface area contributed by atoms with E-state index in [4.69, 9.17) is 0 Å². The molecule has 1 aromatic heterocycles. The van der Waals surface area contributed by atoms with Gasteiger partial charge in [-0.25, -0.2) is 4.98 Å². The monoisotopic (exact) mass is 283 g/mol. The van der Waals surface area contributed by atoms with Crippen molar-refractivity contribution in [2.45, 2.75) is 6.10 Å². The first-order chi connectivity index (χ1) is 10.2. The van der Waals surface area contributed by atoms with Crippen molar-refractivity contribution in [2.24, 2.45) is 0 Å². The molecule has 1 N–H and O–H groups in total. The molecule has 1 aliphatic heterocycles. The lowest BCUT2D eigenvalue weighted by Gasteiger charge is -2.33. The second-order valence-corrected chi connectivity index (χ2v) is 5.55. The van der Waals surface area contributed by atoms with Crippen LogP contribution in [0.2, 0.25) is 0 Å². The fourth-order valence-corrected chi connectivity index (χ4v) is 2.61. The van der Waals surface area contributed by atoms with Crippen LogP contribution in [0.5, 0.6) is 0 Å². The standard InChI is InChI=1S/C17H21N3O/c1-19-9-11-20(12-10-19)16-8-7-15(13-18-16)17(21)14-5-3-2-4-6-14/h2-8,13,17,21H,9-12H2,1H3. The molecule has 4 nitrogen and oxygen atoms in total. The summed E-state index contributed by atoms with van der Waals surface area (Å²) in [7, 11) is 2.14. The molecule has 3 rings (SSSR count). The largest absolute Gasteiger partial charge is 0.384 e. The van der Waals surface area contributed by atoms with Crippen molar-refractivity contribution < 1.29 is 5.11 Å². The van der Waals surface area contributed by atoms with Gasteiger partial charge < -0.3 is 14.9 Å². The van der Waals surface area contributed by atoms with Gasteiger partial charge in [-0.3, -0.25) is 0 Å². The molecule has 2 aromatic rings. The van der Waals surface area contributed by atoms with Gasteiger partial charge >= 0.3 is 0 Å². The highest BCUT2D eigenvalue weighted by Gasteiger charge is 2.16. The van der Waals surface area contributed by atoms with Gasteiger partial charge in [0.2, 0.25) is 0 Å². The van der Waals surface area contributed by atoms with Crippen LogP contribution in [0.15, 0.2) is 48.7 Å². The second kappa shape index (κ2) is 6.24. The van der Waals surface area contributed by atoms with Crippen molar-refractivity contribution in [3.8, 4) is 0 Å². The number of aromatic nitrogens is 1. The lowest BCUT2D eigenvalue weighted by atomic mass is 10.0. The minimum absolute atomic E-state index is 0.611. The molecule has 0 saturated carbocycles. The molecule has 110 valence electrons. The Labute approximate surface area is 125 Å². The zero-order chi connectivity index (χ0) is 14.7. The molecule has 1 unspecified atom stereocenters. The zero-order valence-electron chi connectivity index (χ0n) is 12.3. The summed E-state index contributed by atoms with van der Waals surface area (Å²) >= 11 is 0. The Hall–Kier alpha value is -1.91. The number of piperazine rings is 1. The maximum Gasteiger partial charge on any atom is 0.128 e. The van der Waals surface area contributed by atoms with Crippen LogP contribution in [0.1, 0.15) is 17.2 Å². The second-order valence-electron chi connectivity index (χ2n) is 5.55. The minimum atomic E-state index is -0.611. The van der Waals surface area contributed by atoms with Gasteiger partial charge in [0, 0.05) is 37.9 Å². The molecule has 2 heterocycles. The molecule has 1 saturated heterocycles. The summed E-state index contributed by atoms with van der Waals surface area (Å²) in [5.74, 6) is 0.993. The Balaban J connectivity index is 1.72. The Morgan fingerprint density at radius 1 is 0.952 bits per heavy atom. The third-order valence-corrected chi connectivity index (χ3v) is 4.03. The average Bonchev–Trinajstić information content (AvgIpc) is 2.56. The van der Waals surface area contributed by atoms with Crippen molar-refractivity contribution >= 4 is 5.82 Å². The molecule has 1 fully saturated rings. The molecular formula is C17H21N3O. The molecule has 0 spiro atoms. The minimum Gasteiger partial charge on any atom is -0.384 e. The van der Waals surface area contributed by atoms with Gasteiger partial charge in [-0.05, 0) is 18.7 Å². The van der Waals surface area contributed by atoms with Crippen molar-refractivity contribution in [3.63, 3.8) is 0 Å². The number of aliphatic hydroxyl groups is 1. The normalized spacial score (nSPS) is 17.7. The van der Waals surface area contributed by atoms with E-state index < -0.39 is 6.10 Å². The molecule has 0 amide bonds. The molecular weight excluding hydrogens is 262 g/mol. The third kappa shape index (κ3) is 3.23. The van der Waals surface area contributed by atoms with E-state index >= 15 is 0 Å². The van der Waals surface area contributed by atoms with Crippen LogP contribution >= 0.6 is 0 Å². The molecule has 1 aliphatic rings. The smallest absolute Gasteiger partial charge is 0.128 e. The van der Waals surface area contributed by atoms with Gasteiger partial charge in [-0.1, -0.05) is 36.4 Å². The number of pyridine rings is 1. The van der Waals surface area contributed by atoms with Crippen LogP contribution in [-0.2, 0) is 0 Å². The Bertz CT molecular complexity index is 562. The number of nitrogens with zero attached hydrogens (tertiary/aromatic N) is 3. The van der Waals surface area contributed by atoms with Crippen LogP contribution in [0.25, 0.3) is 0 Å². The Morgan fingerprint density at radius 2 is 1.67 bits per heavy atom. The van der Waals surface area contributed by atoms with Crippen LogP contribution in [-0.4, -0.2) is 48.2 Å². The van der Waals surface area contributed by atoms with Gasteiger partial charge in [0.1, 0.15) is 11.9 Å². The van der Waals surface area contributed by atoms with E-state index in [0.717, 1.165) is 43.1 Å².